The molecule has 0 spiro atoms. The van der Waals surface area contributed by atoms with Crippen molar-refractivity contribution in [2.24, 2.45) is 11.7 Å². The van der Waals surface area contributed by atoms with Gasteiger partial charge in [0.25, 0.3) is 0 Å². The Balaban J connectivity index is 1.46. The maximum atomic E-state index is 6.78. The number of aromatic nitrogens is 1. The third-order valence-corrected chi connectivity index (χ3v) is 7.77. The second-order valence-electron chi connectivity index (χ2n) is 8.97. The van der Waals surface area contributed by atoms with Crippen molar-refractivity contribution in [2.75, 3.05) is 44.7 Å². The molecule has 0 saturated carbocycles. The van der Waals surface area contributed by atoms with Gasteiger partial charge in [0.05, 0.1) is 16.3 Å². The molecule has 1 aromatic heterocycles. The number of thiazole rings is 1. The molecule has 2 saturated heterocycles. The molecule has 2 N–H and O–H groups in total. The van der Waals surface area contributed by atoms with E-state index in [-0.39, 0.29) is 12.2 Å². The van der Waals surface area contributed by atoms with Crippen LogP contribution in [0.2, 0.25) is 0 Å². The van der Waals surface area contributed by atoms with Crippen molar-refractivity contribution >= 4 is 27.2 Å². The van der Waals surface area contributed by atoms with Crippen LogP contribution in [0.5, 0.6) is 0 Å². The van der Waals surface area contributed by atoms with Gasteiger partial charge < -0.3 is 20.3 Å². The monoisotopic (exact) mass is 436 g/mol. The number of anilines is 1. The van der Waals surface area contributed by atoms with Gasteiger partial charge in [0.15, 0.2) is 0 Å². The van der Waals surface area contributed by atoms with Gasteiger partial charge in [0.2, 0.25) is 0 Å². The molecule has 2 unspecified atom stereocenters. The van der Waals surface area contributed by atoms with E-state index < -0.39 is 0 Å². The van der Waals surface area contributed by atoms with Gasteiger partial charge in [0.1, 0.15) is 11.1 Å². The molecule has 0 radical (unpaired) electrons. The minimum atomic E-state index is -0.126. The molecule has 5 rings (SSSR count). The predicted molar refractivity (Wildman–Crippen MR) is 129 cm³/mol. The van der Waals surface area contributed by atoms with Crippen LogP contribution in [0.1, 0.15) is 35.9 Å². The standard InChI is InChI=1S/C25H32N4OS/c1-28-12-10-21(11-13-28)30-24(25-27-22-7-2-3-8-23(22)31-25)19-5-4-6-20(15-19)29-14-9-18(16-26)17-29/h2-8,15,18,21,24H,9-14,16-17,26H2,1H3. The predicted octanol–water partition coefficient (Wildman–Crippen LogP) is 4.28. The summed E-state index contributed by atoms with van der Waals surface area (Å²) in [6.45, 7) is 5.06. The molecule has 3 heterocycles. The van der Waals surface area contributed by atoms with E-state index in [9.17, 15) is 0 Å². The van der Waals surface area contributed by atoms with E-state index in [0.717, 1.165) is 56.1 Å². The SMILES string of the molecule is CN1CCC(OC(c2cccc(N3CCC(CN)C3)c2)c2nc3ccccc3s2)CC1. The van der Waals surface area contributed by atoms with E-state index in [4.69, 9.17) is 15.5 Å². The largest absolute Gasteiger partial charge is 0.371 e. The number of nitrogens with two attached hydrogens (primary N) is 1. The normalized spacial score (nSPS) is 21.7. The molecule has 0 bridgehead atoms. The zero-order valence-electron chi connectivity index (χ0n) is 18.2. The van der Waals surface area contributed by atoms with Gasteiger partial charge in [-0.1, -0.05) is 24.3 Å². The summed E-state index contributed by atoms with van der Waals surface area (Å²) in [5.41, 5.74) is 9.45. The van der Waals surface area contributed by atoms with Gasteiger partial charge in [-0.15, -0.1) is 11.3 Å². The van der Waals surface area contributed by atoms with Gasteiger partial charge in [-0.3, -0.25) is 0 Å². The second kappa shape index (κ2) is 9.25. The number of nitrogens with zero attached hydrogens (tertiary/aromatic N) is 3. The number of piperidine rings is 1. The Labute approximate surface area is 188 Å². The first-order valence-electron chi connectivity index (χ1n) is 11.4. The summed E-state index contributed by atoms with van der Waals surface area (Å²) < 4.78 is 8.00. The number of hydrogen-bond acceptors (Lipinski definition) is 6. The number of hydrogen-bond donors (Lipinski definition) is 1. The Hall–Kier alpha value is -1.99. The number of fused-ring (bicyclic) bond motifs is 1. The van der Waals surface area contributed by atoms with Crippen molar-refractivity contribution < 1.29 is 4.74 Å². The van der Waals surface area contributed by atoms with E-state index in [1.165, 1.54) is 22.4 Å². The van der Waals surface area contributed by atoms with Crippen LogP contribution >= 0.6 is 11.3 Å². The summed E-state index contributed by atoms with van der Waals surface area (Å²) in [4.78, 5) is 9.82. The van der Waals surface area contributed by atoms with Crippen LogP contribution in [0, 0.1) is 5.92 Å². The summed E-state index contributed by atoms with van der Waals surface area (Å²) in [6.07, 6.45) is 3.46. The van der Waals surface area contributed by atoms with E-state index >= 15 is 0 Å². The first-order valence-corrected chi connectivity index (χ1v) is 12.3. The van der Waals surface area contributed by atoms with Gasteiger partial charge in [-0.25, -0.2) is 4.98 Å². The van der Waals surface area contributed by atoms with Crippen molar-refractivity contribution in [3.63, 3.8) is 0 Å². The van der Waals surface area contributed by atoms with Gasteiger partial charge in [0, 0.05) is 31.9 Å². The number of rotatable bonds is 6. The lowest BCUT2D eigenvalue weighted by Crippen LogP contribution is -2.35. The first kappa shape index (κ1) is 20.9. The lowest BCUT2D eigenvalue weighted by molar-refractivity contribution is -0.0234. The van der Waals surface area contributed by atoms with Crippen molar-refractivity contribution in [3.05, 3.63) is 59.1 Å². The number of likely N-dealkylation sites (tertiary alicyclic amines) is 1. The van der Waals surface area contributed by atoms with E-state index in [1.807, 2.05) is 0 Å². The average molecular weight is 437 g/mol. The highest BCUT2D eigenvalue weighted by molar-refractivity contribution is 7.18. The molecule has 2 aromatic carbocycles. The number of benzene rings is 2. The Bertz CT molecular complexity index is 980. The lowest BCUT2D eigenvalue weighted by Gasteiger charge is -2.31. The van der Waals surface area contributed by atoms with E-state index in [0.29, 0.717) is 5.92 Å². The Morgan fingerprint density at radius 1 is 1.10 bits per heavy atom. The molecule has 164 valence electrons. The highest BCUT2D eigenvalue weighted by Crippen LogP contribution is 2.36. The third kappa shape index (κ3) is 4.62. The first-order chi connectivity index (χ1) is 15.2. The highest BCUT2D eigenvalue weighted by Gasteiger charge is 2.27. The van der Waals surface area contributed by atoms with Gasteiger partial charge in [-0.05, 0) is 68.6 Å². The molecule has 6 heteroatoms. The maximum absolute atomic E-state index is 6.78. The highest BCUT2D eigenvalue weighted by atomic mass is 32.1. The van der Waals surface area contributed by atoms with Crippen LogP contribution in [-0.4, -0.2) is 55.8 Å². The fourth-order valence-corrected chi connectivity index (χ4v) is 5.77. The number of para-hydroxylation sites is 1. The van der Waals surface area contributed by atoms with Gasteiger partial charge >= 0.3 is 0 Å². The van der Waals surface area contributed by atoms with Crippen molar-refractivity contribution in [1.82, 2.24) is 9.88 Å². The van der Waals surface area contributed by atoms with Crippen LogP contribution in [0.25, 0.3) is 10.2 Å². The van der Waals surface area contributed by atoms with E-state index in [2.05, 4.69) is 65.4 Å². The van der Waals surface area contributed by atoms with Crippen LogP contribution in [-0.2, 0) is 4.74 Å². The molecule has 31 heavy (non-hydrogen) atoms. The molecular formula is C25H32N4OS. The maximum Gasteiger partial charge on any atom is 0.134 e. The summed E-state index contributed by atoms with van der Waals surface area (Å²) >= 11 is 1.75. The summed E-state index contributed by atoms with van der Waals surface area (Å²) in [5.74, 6) is 0.596. The quantitative estimate of drug-likeness (QED) is 0.625. The Kier molecular flexibility index (Phi) is 6.23. The fourth-order valence-electron chi connectivity index (χ4n) is 4.74. The molecule has 3 aromatic rings. The molecule has 2 fully saturated rings. The minimum absolute atomic E-state index is 0.126. The van der Waals surface area contributed by atoms with Gasteiger partial charge in [-0.2, -0.15) is 0 Å². The van der Waals surface area contributed by atoms with Crippen LogP contribution < -0.4 is 10.6 Å². The third-order valence-electron chi connectivity index (χ3n) is 6.69. The van der Waals surface area contributed by atoms with E-state index in [1.54, 1.807) is 11.3 Å². The minimum Gasteiger partial charge on any atom is -0.371 e. The Morgan fingerprint density at radius 2 is 1.94 bits per heavy atom. The molecular weight excluding hydrogens is 404 g/mol. The van der Waals surface area contributed by atoms with Crippen molar-refractivity contribution in [1.29, 1.82) is 0 Å². The Morgan fingerprint density at radius 3 is 2.71 bits per heavy atom. The molecule has 0 amide bonds. The number of ether oxygens (including phenoxy) is 1. The molecule has 2 atom stereocenters. The van der Waals surface area contributed by atoms with Crippen LogP contribution in [0.4, 0.5) is 5.69 Å². The molecule has 2 aliphatic heterocycles. The summed E-state index contributed by atoms with van der Waals surface area (Å²) in [6, 6.07) is 17.3. The summed E-state index contributed by atoms with van der Waals surface area (Å²) in [7, 11) is 2.19. The molecule has 2 aliphatic rings. The topological polar surface area (TPSA) is 54.6 Å². The molecule has 0 aliphatic carbocycles. The zero-order chi connectivity index (χ0) is 21.2. The lowest BCUT2D eigenvalue weighted by atomic mass is 10.1. The second-order valence-corrected chi connectivity index (χ2v) is 10.0. The molecule has 5 nitrogen and oxygen atoms in total. The van der Waals surface area contributed by atoms with Crippen LogP contribution in [0.15, 0.2) is 48.5 Å². The zero-order valence-corrected chi connectivity index (χ0v) is 19.1. The smallest absolute Gasteiger partial charge is 0.134 e. The van der Waals surface area contributed by atoms with Crippen molar-refractivity contribution in [3.8, 4) is 0 Å². The van der Waals surface area contributed by atoms with Crippen LogP contribution in [0.3, 0.4) is 0 Å². The fraction of sp³-hybridized carbons (Fsp3) is 0.480. The van der Waals surface area contributed by atoms with Crippen molar-refractivity contribution in [2.45, 2.75) is 31.5 Å². The summed E-state index contributed by atoms with van der Waals surface area (Å²) in [5, 5.41) is 1.05. The average Bonchev–Trinajstić information content (AvgIpc) is 3.46.